The van der Waals surface area contributed by atoms with Crippen LogP contribution in [-0.4, -0.2) is 15.8 Å². The Balaban J connectivity index is 1.91. The van der Waals surface area contributed by atoms with E-state index in [0.717, 1.165) is 27.7 Å². The van der Waals surface area contributed by atoms with Gasteiger partial charge in [0.15, 0.2) is 5.78 Å². The van der Waals surface area contributed by atoms with Gasteiger partial charge >= 0.3 is 0 Å². The van der Waals surface area contributed by atoms with Gasteiger partial charge in [0.2, 0.25) is 0 Å². The molecule has 0 aliphatic carbocycles. The Morgan fingerprint density at radius 1 is 0.964 bits per heavy atom. The van der Waals surface area contributed by atoms with Crippen molar-refractivity contribution in [1.82, 2.24) is 9.97 Å². The fraction of sp³-hybridized carbons (Fsp3) is 0.0417. The number of pyridine rings is 2. The molecule has 0 N–H and O–H groups in total. The highest BCUT2D eigenvalue weighted by molar-refractivity contribution is 6.30. The number of halogens is 1. The topological polar surface area (TPSA) is 42.9 Å². The molecular weight excluding hydrogens is 368 g/mol. The first-order chi connectivity index (χ1) is 13.6. The summed E-state index contributed by atoms with van der Waals surface area (Å²) in [4.78, 5) is 22.1. The Morgan fingerprint density at radius 3 is 2.46 bits per heavy atom. The zero-order valence-corrected chi connectivity index (χ0v) is 16.0. The average molecular weight is 385 g/mol. The van der Waals surface area contributed by atoms with Crippen molar-refractivity contribution in [1.29, 1.82) is 0 Å². The molecule has 0 unspecified atom stereocenters. The molecule has 0 fully saturated rings. The summed E-state index contributed by atoms with van der Waals surface area (Å²) >= 11 is 6.07. The Labute approximate surface area is 168 Å². The minimum atomic E-state index is -0.105. The number of nitrogens with zero attached hydrogens (tertiary/aromatic N) is 2. The SMILES string of the molecule is Cc1nc2ccccc2c(-c2ccc(Cl)cc2)c1C(=O)/C=C/c1ccccn1. The van der Waals surface area contributed by atoms with Gasteiger partial charge in [-0.1, -0.05) is 48.0 Å². The lowest BCUT2D eigenvalue weighted by Crippen LogP contribution is -2.05. The smallest absolute Gasteiger partial charge is 0.188 e. The van der Waals surface area contributed by atoms with Crippen molar-refractivity contribution in [3.8, 4) is 11.1 Å². The standard InChI is InChI=1S/C24H17ClN2O/c1-16-23(22(28)14-13-19-6-4-5-15-26-19)24(17-9-11-18(25)12-10-17)20-7-2-3-8-21(20)27-16/h2-15H,1H3/b14-13+. The largest absolute Gasteiger partial charge is 0.289 e. The highest BCUT2D eigenvalue weighted by Crippen LogP contribution is 2.34. The zero-order valence-electron chi connectivity index (χ0n) is 15.3. The number of para-hydroxylation sites is 1. The van der Waals surface area contributed by atoms with Crippen LogP contribution in [-0.2, 0) is 0 Å². The molecule has 4 heteroatoms. The molecule has 0 amide bonds. The van der Waals surface area contributed by atoms with Crippen LogP contribution in [0, 0.1) is 6.92 Å². The van der Waals surface area contributed by atoms with Crippen molar-refractivity contribution >= 4 is 34.4 Å². The summed E-state index contributed by atoms with van der Waals surface area (Å²) in [5.41, 5.74) is 4.68. The molecular formula is C24H17ClN2O. The van der Waals surface area contributed by atoms with Crippen LogP contribution in [0.5, 0.6) is 0 Å². The van der Waals surface area contributed by atoms with Crippen LogP contribution >= 0.6 is 11.6 Å². The van der Waals surface area contributed by atoms with Crippen LogP contribution in [0.4, 0.5) is 0 Å². The van der Waals surface area contributed by atoms with Crippen molar-refractivity contribution in [2.24, 2.45) is 0 Å². The summed E-state index contributed by atoms with van der Waals surface area (Å²) in [5.74, 6) is -0.105. The van der Waals surface area contributed by atoms with Crippen LogP contribution < -0.4 is 0 Å². The Hall–Kier alpha value is -3.30. The predicted molar refractivity (Wildman–Crippen MR) is 115 cm³/mol. The van der Waals surface area contributed by atoms with Gasteiger partial charge in [-0.25, -0.2) is 0 Å². The monoisotopic (exact) mass is 384 g/mol. The van der Waals surface area contributed by atoms with Crippen molar-refractivity contribution in [2.45, 2.75) is 6.92 Å². The molecule has 0 bridgehead atoms. The van der Waals surface area contributed by atoms with E-state index < -0.39 is 0 Å². The Kier molecular flexibility index (Phi) is 5.00. The quantitative estimate of drug-likeness (QED) is 0.313. The fourth-order valence-corrected chi connectivity index (χ4v) is 3.40. The maximum absolute atomic E-state index is 13.2. The third kappa shape index (κ3) is 3.57. The van der Waals surface area contributed by atoms with E-state index in [1.54, 1.807) is 18.3 Å². The number of carbonyl (C=O) groups excluding carboxylic acids is 1. The second kappa shape index (κ2) is 7.75. The van der Waals surface area contributed by atoms with Gasteiger partial charge in [0.05, 0.1) is 16.8 Å². The van der Waals surface area contributed by atoms with E-state index in [1.807, 2.05) is 73.7 Å². The minimum absolute atomic E-state index is 0.105. The molecule has 3 nitrogen and oxygen atoms in total. The van der Waals surface area contributed by atoms with Gasteiger partial charge in [-0.05, 0) is 55.0 Å². The second-order valence-corrected chi connectivity index (χ2v) is 6.86. The van der Waals surface area contributed by atoms with E-state index in [2.05, 4.69) is 9.97 Å². The van der Waals surface area contributed by atoms with Crippen molar-refractivity contribution < 1.29 is 4.79 Å². The van der Waals surface area contributed by atoms with Crippen LogP contribution in [0.15, 0.2) is 79.0 Å². The number of rotatable bonds is 4. The van der Waals surface area contributed by atoms with Crippen molar-refractivity contribution in [3.05, 3.63) is 101 Å². The molecule has 28 heavy (non-hydrogen) atoms. The van der Waals surface area contributed by atoms with Gasteiger partial charge in [0, 0.05) is 27.9 Å². The van der Waals surface area contributed by atoms with E-state index in [1.165, 1.54) is 0 Å². The molecule has 0 saturated carbocycles. The summed E-state index contributed by atoms with van der Waals surface area (Å²) in [6.07, 6.45) is 4.98. The molecule has 2 aromatic heterocycles. The van der Waals surface area contributed by atoms with Crippen molar-refractivity contribution in [2.75, 3.05) is 0 Å². The summed E-state index contributed by atoms with van der Waals surface area (Å²) < 4.78 is 0. The number of hydrogen-bond donors (Lipinski definition) is 0. The van der Waals surface area contributed by atoms with E-state index in [4.69, 9.17) is 11.6 Å². The number of hydrogen-bond acceptors (Lipinski definition) is 3. The number of carbonyl (C=O) groups is 1. The number of ketones is 1. The van der Waals surface area contributed by atoms with Crippen molar-refractivity contribution in [3.63, 3.8) is 0 Å². The van der Waals surface area contributed by atoms with Crippen LogP contribution in [0.25, 0.3) is 28.1 Å². The van der Waals surface area contributed by atoms with E-state index in [9.17, 15) is 4.79 Å². The lowest BCUT2D eigenvalue weighted by Gasteiger charge is -2.14. The summed E-state index contributed by atoms with van der Waals surface area (Å²) in [6.45, 7) is 1.87. The van der Waals surface area contributed by atoms with E-state index in [-0.39, 0.29) is 5.78 Å². The Morgan fingerprint density at radius 2 is 1.71 bits per heavy atom. The van der Waals surface area contributed by atoms with E-state index >= 15 is 0 Å². The van der Waals surface area contributed by atoms with Crippen LogP contribution in [0.2, 0.25) is 5.02 Å². The molecule has 0 aliphatic rings. The summed E-state index contributed by atoms with van der Waals surface area (Å²) in [5, 5.41) is 1.59. The first kappa shape index (κ1) is 18.1. The van der Waals surface area contributed by atoms with Gasteiger partial charge in [-0.2, -0.15) is 0 Å². The molecule has 2 aromatic carbocycles. The first-order valence-electron chi connectivity index (χ1n) is 8.92. The minimum Gasteiger partial charge on any atom is -0.289 e. The third-order valence-corrected chi connectivity index (χ3v) is 4.80. The molecule has 136 valence electrons. The molecule has 0 spiro atoms. The zero-order chi connectivity index (χ0) is 19.5. The van der Waals surface area contributed by atoms with Gasteiger partial charge < -0.3 is 0 Å². The Bertz CT molecular complexity index is 1180. The molecule has 0 radical (unpaired) electrons. The molecule has 4 rings (SSSR count). The molecule has 0 atom stereocenters. The fourth-order valence-electron chi connectivity index (χ4n) is 3.27. The van der Waals surface area contributed by atoms with E-state index in [0.29, 0.717) is 16.3 Å². The van der Waals surface area contributed by atoms with Crippen LogP contribution in [0.1, 0.15) is 21.7 Å². The molecule has 2 heterocycles. The average Bonchev–Trinajstić information content (AvgIpc) is 2.72. The molecule has 0 saturated heterocycles. The van der Waals surface area contributed by atoms with Crippen LogP contribution in [0.3, 0.4) is 0 Å². The number of allylic oxidation sites excluding steroid dienone is 1. The summed E-state index contributed by atoms with van der Waals surface area (Å²) in [7, 11) is 0. The predicted octanol–water partition coefficient (Wildman–Crippen LogP) is 6.15. The van der Waals surface area contributed by atoms with Gasteiger partial charge in [-0.15, -0.1) is 0 Å². The maximum atomic E-state index is 13.2. The highest BCUT2D eigenvalue weighted by Gasteiger charge is 2.18. The lowest BCUT2D eigenvalue weighted by atomic mass is 9.92. The number of aromatic nitrogens is 2. The maximum Gasteiger partial charge on any atom is 0.188 e. The number of benzene rings is 2. The second-order valence-electron chi connectivity index (χ2n) is 6.42. The molecule has 0 aliphatic heterocycles. The lowest BCUT2D eigenvalue weighted by molar-refractivity contribution is 0.104. The molecule has 4 aromatic rings. The van der Waals surface area contributed by atoms with Gasteiger partial charge in [0.1, 0.15) is 0 Å². The third-order valence-electron chi connectivity index (χ3n) is 4.55. The normalized spacial score (nSPS) is 11.2. The highest BCUT2D eigenvalue weighted by atomic mass is 35.5. The number of aryl methyl sites for hydroxylation is 1. The van der Waals surface area contributed by atoms with Gasteiger partial charge in [0.25, 0.3) is 0 Å². The van der Waals surface area contributed by atoms with Gasteiger partial charge in [-0.3, -0.25) is 14.8 Å². The number of fused-ring (bicyclic) bond motifs is 1. The first-order valence-corrected chi connectivity index (χ1v) is 9.30. The summed E-state index contributed by atoms with van der Waals surface area (Å²) in [6, 6.07) is 21.0.